The van der Waals surface area contributed by atoms with Crippen molar-refractivity contribution in [3.8, 4) is 17.2 Å². The fourth-order valence-electron chi connectivity index (χ4n) is 2.48. The fourth-order valence-corrected chi connectivity index (χ4v) is 2.48. The summed E-state index contributed by atoms with van der Waals surface area (Å²) in [6.45, 7) is 4.22. The third kappa shape index (κ3) is 5.77. The van der Waals surface area contributed by atoms with Crippen LogP contribution in [0.1, 0.15) is 15.9 Å². The van der Waals surface area contributed by atoms with E-state index in [9.17, 15) is 9.59 Å². The lowest BCUT2D eigenvalue weighted by Gasteiger charge is -2.18. The van der Waals surface area contributed by atoms with E-state index in [1.54, 1.807) is 36.2 Å². The van der Waals surface area contributed by atoms with Crippen molar-refractivity contribution in [1.29, 1.82) is 0 Å². The molecule has 7 nitrogen and oxygen atoms in total. The number of hydrogen-bond donors (Lipinski definition) is 1. The number of amides is 2. The molecule has 7 heteroatoms. The number of benzene rings is 2. The summed E-state index contributed by atoms with van der Waals surface area (Å²) in [5.41, 5.74) is 6.49. The molecule has 28 heavy (non-hydrogen) atoms. The molecular formula is C21H24N2O5. The van der Waals surface area contributed by atoms with Crippen molar-refractivity contribution in [2.24, 2.45) is 5.73 Å². The number of methoxy groups -OCH3 is 1. The number of nitrogens with zero attached hydrogens (tertiary/aromatic N) is 1. The van der Waals surface area contributed by atoms with Crippen molar-refractivity contribution in [2.45, 2.75) is 6.54 Å². The van der Waals surface area contributed by atoms with Gasteiger partial charge < -0.3 is 24.8 Å². The van der Waals surface area contributed by atoms with Crippen LogP contribution < -0.4 is 19.9 Å². The molecule has 2 aromatic carbocycles. The number of hydrogen-bond acceptors (Lipinski definition) is 5. The maximum atomic E-state index is 12.7. The number of ether oxygens (including phenoxy) is 3. The molecule has 2 aromatic rings. The lowest BCUT2D eigenvalue weighted by molar-refractivity contribution is -0.119. The molecule has 0 spiro atoms. The third-order valence-electron chi connectivity index (χ3n) is 3.84. The highest BCUT2D eigenvalue weighted by molar-refractivity contribution is 5.94. The van der Waals surface area contributed by atoms with Gasteiger partial charge in [0.25, 0.3) is 11.8 Å². The first-order valence-electron chi connectivity index (χ1n) is 8.61. The lowest BCUT2D eigenvalue weighted by atomic mass is 10.1. The first kappa shape index (κ1) is 20.8. The van der Waals surface area contributed by atoms with Gasteiger partial charge >= 0.3 is 0 Å². The van der Waals surface area contributed by atoms with Crippen LogP contribution in [0.25, 0.3) is 0 Å². The van der Waals surface area contributed by atoms with E-state index in [0.29, 0.717) is 30.2 Å². The molecule has 0 aromatic heterocycles. The molecule has 0 saturated carbocycles. The number of carbonyl (C=O) groups is 2. The Bertz CT molecular complexity index is 833. The van der Waals surface area contributed by atoms with E-state index in [1.807, 2.05) is 24.3 Å². The summed E-state index contributed by atoms with van der Waals surface area (Å²) < 4.78 is 16.0. The second-order valence-electron chi connectivity index (χ2n) is 6.03. The van der Waals surface area contributed by atoms with Crippen molar-refractivity contribution in [3.63, 3.8) is 0 Å². The van der Waals surface area contributed by atoms with Crippen molar-refractivity contribution in [2.75, 3.05) is 27.4 Å². The first-order valence-corrected chi connectivity index (χ1v) is 8.61. The summed E-state index contributed by atoms with van der Waals surface area (Å²) in [7, 11) is 3.18. The normalized spacial score (nSPS) is 10.1. The summed E-state index contributed by atoms with van der Waals surface area (Å²) in [4.78, 5) is 25.2. The second kappa shape index (κ2) is 10.0. The molecule has 0 radical (unpaired) electrons. The molecular weight excluding hydrogens is 360 g/mol. The van der Waals surface area contributed by atoms with Crippen molar-refractivity contribution in [3.05, 3.63) is 66.2 Å². The van der Waals surface area contributed by atoms with Gasteiger partial charge in [-0.25, -0.2) is 0 Å². The molecule has 148 valence electrons. The molecule has 0 aliphatic heterocycles. The lowest BCUT2D eigenvalue weighted by Crippen LogP contribution is -2.26. The Morgan fingerprint density at radius 3 is 2.43 bits per heavy atom. The van der Waals surface area contributed by atoms with E-state index in [0.717, 1.165) is 11.3 Å². The van der Waals surface area contributed by atoms with Crippen LogP contribution in [-0.4, -0.2) is 44.1 Å². The van der Waals surface area contributed by atoms with Crippen molar-refractivity contribution >= 4 is 11.8 Å². The highest BCUT2D eigenvalue weighted by Crippen LogP contribution is 2.28. The molecule has 0 aliphatic rings. The highest BCUT2D eigenvalue weighted by Gasteiger charge is 2.16. The highest BCUT2D eigenvalue weighted by atomic mass is 16.5. The standard InChI is InChI=1S/C21H24N2O5/c1-4-11-27-17-8-5-15(6-9-17)13-23(2)21(25)16-7-10-18(19(12-16)26-3)28-14-20(22)24/h4-10,12H,1,11,13-14H2,2-3H3,(H2,22,24). The van der Waals surface area contributed by atoms with Crippen molar-refractivity contribution < 1.29 is 23.8 Å². The summed E-state index contributed by atoms with van der Waals surface area (Å²) in [6, 6.07) is 12.3. The summed E-state index contributed by atoms with van der Waals surface area (Å²) in [5.74, 6) is 0.670. The minimum absolute atomic E-state index is 0.174. The summed E-state index contributed by atoms with van der Waals surface area (Å²) in [5, 5.41) is 0. The quantitative estimate of drug-likeness (QED) is 0.635. The average molecular weight is 384 g/mol. The van der Waals surface area contributed by atoms with Gasteiger partial charge in [0.15, 0.2) is 18.1 Å². The van der Waals surface area contributed by atoms with Gasteiger partial charge in [-0.05, 0) is 35.9 Å². The number of primary amides is 1. The van der Waals surface area contributed by atoms with Gasteiger partial charge in [0.05, 0.1) is 7.11 Å². The maximum absolute atomic E-state index is 12.7. The van der Waals surface area contributed by atoms with E-state index >= 15 is 0 Å². The molecule has 2 rings (SSSR count). The minimum atomic E-state index is -0.595. The zero-order valence-corrected chi connectivity index (χ0v) is 16.0. The molecule has 2 N–H and O–H groups in total. The van der Waals surface area contributed by atoms with E-state index < -0.39 is 5.91 Å². The Balaban J connectivity index is 2.05. The van der Waals surface area contributed by atoms with E-state index in [1.165, 1.54) is 7.11 Å². The molecule has 0 unspecified atom stereocenters. The Morgan fingerprint density at radius 2 is 1.82 bits per heavy atom. The number of nitrogens with two attached hydrogens (primary N) is 1. The SMILES string of the molecule is C=CCOc1ccc(CN(C)C(=O)c2ccc(OCC(N)=O)c(OC)c2)cc1. The van der Waals surface area contributed by atoms with Crippen LogP contribution in [0.15, 0.2) is 55.1 Å². The first-order chi connectivity index (χ1) is 13.4. The largest absolute Gasteiger partial charge is 0.493 e. The minimum Gasteiger partial charge on any atom is -0.493 e. The van der Waals surface area contributed by atoms with Gasteiger partial charge in [0, 0.05) is 19.2 Å². The van der Waals surface area contributed by atoms with Gasteiger partial charge in [-0.2, -0.15) is 0 Å². The smallest absolute Gasteiger partial charge is 0.255 e. The topological polar surface area (TPSA) is 91.1 Å². The van der Waals surface area contributed by atoms with Gasteiger partial charge in [-0.1, -0.05) is 24.8 Å². The van der Waals surface area contributed by atoms with Crippen LogP contribution in [0, 0.1) is 0 Å². The van der Waals surface area contributed by atoms with Gasteiger partial charge in [-0.15, -0.1) is 0 Å². The molecule has 0 aliphatic carbocycles. The van der Waals surface area contributed by atoms with Crippen LogP contribution in [0.2, 0.25) is 0 Å². The van der Waals surface area contributed by atoms with Gasteiger partial charge in [-0.3, -0.25) is 9.59 Å². The summed E-state index contributed by atoms with van der Waals surface area (Å²) >= 11 is 0. The van der Waals surface area contributed by atoms with E-state index in [-0.39, 0.29) is 12.5 Å². The van der Waals surface area contributed by atoms with E-state index in [2.05, 4.69) is 6.58 Å². The predicted octanol–water partition coefficient (Wildman–Crippen LogP) is 2.40. The van der Waals surface area contributed by atoms with Crippen LogP contribution in [0.3, 0.4) is 0 Å². The Hall–Kier alpha value is -3.48. The second-order valence-corrected chi connectivity index (χ2v) is 6.03. The molecule has 0 fully saturated rings. The third-order valence-corrected chi connectivity index (χ3v) is 3.84. The zero-order valence-electron chi connectivity index (χ0n) is 16.0. The zero-order chi connectivity index (χ0) is 20.5. The monoisotopic (exact) mass is 384 g/mol. The fraction of sp³-hybridized carbons (Fsp3) is 0.238. The molecule has 0 atom stereocenters. The number of rotatable bonds is 10. The summed E-state index contributed by atoms with van der Waals surface area (Å²) in [6.07, 6.45) is 1.68. The molecule has 2 amide bonds. The molecule has 0 bridgehead atoms. The molecule has 0 heterocycles. The van der Waals surface area contributed by atoms with Crippen LogP contribution in [0.4, 0.5) is 0 Å². The molecule has 0 saturated heterocycles. The van der Waals surface area contributed by atoms with Crippen LogP contribution >= 0.6 is 0 Å². The number of carbonyl (C=O) groups excluding carboxylic acids is 2. The van der Waals surface area contributed by atoms with E-state index in [4.69, 9.17) is 19.9 Å². The predicted molar refractivity (Wildman–Crippen MR) is 106 cm³/mol. The van der Waals surface area contributed by atoms with Crippen LogP contribution in [0.5, 0.6) is 17.2 Å². The Kier molecular flexibility index (Phi) is 7.45. The maximum Gasteiger partial charge on any atom is 0.255 e. The van der Waals surface area contributed by atoms with Gasteiger partial charge in [0.2, 0.25) is 0 Å². The van der Waals surface area contributed by atoms with Crippen molar-refractivity contribution in [1.82, 2.24) is 4.90 Å². The average Bonchev–Trinajstić information content (AvgIpc) is 2.70. The van der Waals surface area contributed by atoms with Gasteiger partial charge in [0.1, 0.15) is 12.4 Å². The van der Waals surface area contributed by atoms with Crippen LogP contribution in [-0.2, 0) is 11.3 Å². The Labute approximate surface area is 164 Å². The Morgan fingerprint density at radius 1 is 1.11 bits per heavy atom.